The number of anilines is 1. The number of nitrogens with zero attached hydrogens (tertiary/aromatic N) is 5. The molecule has 9 heteroatoms. The summed E-state index contributed by atoms with van der Waals surface area (Å²) < 4.78 is 5.54. The van der Waals surface area contributed by atoms with E-state index in [1.165, 1.54) is 0 Å². The van der Waals surface area contributed by atoms with E-state index in [2.05, 4.69) is 51.1 Å². The van der Waals surface area contributed by atoms with Gasteiger partial charge in [0.15, 0.2) is 5.96 Å². The normalized spacial score (nSPS) is 19.4. The topological polar surface area (TPSA) is 73.3 Å². The lowest BCUT2D eigenvalue weighted by Gasteiger charge is -2.37. The molecule has 1 aromatic heterocycles. The molecule has 1 amide bonds. The summed E-state index contributed by atoms with van der Waals surface area (Å²) in [6.07, 6.45) is 3.53. The van der Waals surface area contributed by atoms with Crippen molar-refractivity contribution in [3.05, 3.63) is 23.9 Å². The van der Waals surface area contributed by atoms with Crippen LogP contribution in [0.1, 0.15) is 32.3 Å². The molecule has 1 aromatic rings. The number of carbonyl (C=O) groups is 1. The van der Waals surface area contributed by atoms with Gasteiger partial charge in [0.1, 0.15) is 11.9 Å². The van der Waals surface area contributed by atoms with Crippen LogP contribution in [0.5, 0.6) is 0 Å². The maximum absolute atomic E-state index is 12.5. The predicted octanol–water partition coefficient (Wildman–Crippen LogP) is 1.94. The number of rotatable bonds is 6. The maximum atomic E-state index is 12.5. The Balaban J connectivity index is 0.00000320. The molecule has 1 N–H and O–H groups in total. The van der Waals surface area contributed by atoms with E-state index < -0.39 is 0 Å². The van der Waals surface area contributed by atoms with Crippen molar-refractivity contribution in [1.29, 1.82) is 0 Å². The van der Waals surface area contributed by atoms with Crippen molar-refractivity contribution in [2.45, 2.75) is 39.3 Å². The van der Waals surface area contributed by atoms with Crippen molar-refractivity contribution in [2.75, 3.05) is 57.8 Å². The molecule has 0 aliphatic carbocycles. The number of halogens is 1. The van der Waals surface area contributed by atoms with Crippen molar-refractivity contribution in [3.8, 4) is 0 Å². The summed E-state index contributed by atoms with van der Waals surface area (Å²) in [6, 6.07) is 4.18. The highest BCUT2D eigenvalue weighted by molar-refractivity contribution is 14.0. The summed E-state index contributed by atoms with van der Waals surface area (Å²) >= 11 is 0. The third-order valence-corrected chi connectivity index (χ3v) is 5.65. The predicted molar refractivity (Wildman–Crippen MR) is 131 cm³/mol. The number of hydrogen-bond donors (Lipinski definition) is 1. The van der Waals surface area contributed by atoms with Gasteiger partial charge in [-0.1, -0.05) is 6.07 Å². The lowest BCUT2D eigenvalue weighted by molar-refractivity contribution is -0.142. The van der Waals surface area contributed by atoms with Crippen molar-refractivity contribution in [1.82, 2.24) is 20.1 Å². The number of hydrogen-bond acceptors (Lipinski definition) is 5. The third-order valence-electron chi connectivity index (χ3n) is 5.65. The largest absolute Gasteiger partial charge is 0.368 e. The molecular formula is C21H35IN6O2. The molecule has 0 saturated carbocycles. The van der Waals surface area contributed by atoms with Crippen LogP contribution < -0.4 is 10.2 Å². The van der Waals surface area contributed by atoms with Crippen LogP contribution in [0.3, 0.4) is 0 Å². The van der Waals surface area contributed by atoms with E-state index in [9.17, 15) is 4.79 Å². The van der Waals surface area contributed by atoms with E-state index in [1.807, 2.05) is 11.1 Å². The number of aromatic nitrogens is 1. The SMILES string of the molecule is CCN(CC)c1ccc(CNC(=NC)N2CCN(C(=O)C3CCCO3)CC2)cn1.I. The van der Waals surface area contributed by atoms with Crippen LogP contribution in [-0.4, -0.2) is 85.7 Å². The molecule has 168 valence electrons. The van der Waals surface area contributed by atoms with Gasteiger partial charge in [-0.3, -0.25) is 9.79 Å². The molecule has 3 heterocycles. The Hall–Kier alpha value is -1.62. The average molecular weight is 530 g/mol. The maximum Gasteiger partial charge on any atom is 0.251 e. The molecule has 30 heavy (non-hydrogen) atoms. The molecule has 1 atom stereocenters. The Kier molecular flexibility index (Phi) is 10.1. The zero-order chi connectivity index (χ0) is 20.6. The summed E-state index contributed by atoms with van der Waals surface area (Å²) in [5.74, 6) is 2.02. The molecule has 2 saturated heterocycles. The Bertz CT molecular complexity index is 681. The van der Waals surface area contributed by atoms with Gasteiger partial charge < -0.3 is 24.8 Å². The van der Waals surface area contributed by atoms with E-state index in [1.54, 1.807) is 7.05 Å². The number of aliphatic imine (C=N–C) groups is 1. The van der Waals surface area contributed by atoms with E-state index in [4.69, 9.17) is 4.74 Å². The first-order chi connectivity index (χ1) is 14.2. The fraction of sp³-hybridized carbons (Fsp3) is 0.667. The number of ether oxygens (including phenoxy) is 1. The van der Waals surface area contributed by atoms with Crippen molar-refractivity contribution in [2.24, 2.45) is 4.99 Å². The zero-order valence-electron chi connectivity index (χ0n) is 18.3. The van der Waals surface area contributed by atoms with E-state index in [-0.39, 0.29) is 36.0 Å². The van der Waals surface area contributed by atoms with Crippen molar-refractivity contribution >= 4 is 41.7 Å². The van der Waals surface area contributed by atoms with E-state index >= 15 is 0 Å². The number of piperazine rings is 1. The minimum Gasteiger partial charge on any atom is -0.368 e. The molecule has 1 unspecified atom stereocenters. The molecule has 3 rings (SSSR count). The van der Waals surface area contributed by atoms with Gasteiger partial charge in [0.25, 0.3) is 5.91 Å². The van der Waals surface area contributed by atoms with Gasteiger partial charge in [0.2, 0.25) is 0 Å². The Morgan fingerprint density at radius 3 is 2.47 bits per heavy atom. The van der Waals surface area contributed by atoms with Gasteiger partial charge in [0, 0.05) is 65.7 Å². The highest BCUT2D eigenvalue weighted by atomic mass is 127. The molecule has 2 aliphatic rings. The quantitative estimate of drug-likeness (QED) is 0.345. The van der Waals surface area contributed by atoms with Gasteiger partial charge in [0.05, 0.1) is 0 Å². The first-order valence-corrected chi connectivity index (χ1v) is 10.7. The average Bonchev–Trinajstić information content (AvgIpc) is 3.31. The van der Waals surface area contributed by atoms with E-state index in [0.717, 1.165) is 56.4 Å². The van der Waals surface area contributed by atoms with Crippen molar-refractivity contribution < 1.29 is 9.53 Å². The smallest absolute Gasteiger partial charge is 0.251 e. The highest BCUT2D eigenvalue weighted by Crippen LogP contribution is 2.16. The minimum absolute atomic E-state index is 0. The summed E-state index contributed by atoms with van der Waals surface area (Å²) in [6.45, 7) is 10.5. The van der Waals surface area contributed by atoms with Gasteiger partial charge in [-0.25, -0.2) is 4.98 Å². The van der Waals surface area contributed by atoms with Crippen LogP contribution in [0, 0.1) is 0 Å². The highest BCUT2D eigenvalue weighted by Gasteiger charge is 2.30. The Morgan fingerprint density at radius 2 is 1.93 bits per heavy atom. The van der Waals surface area contributed by atoms with Crippen molar-refractivity contribution in [3.63, 3.8) is 0 Å². The van der Waals surface area contributed by atoms with E-state index in [0.29, 0.717) is 26.2 Å². The lowest BCUT2D eigenvalue weighted by atomic mass is 10.2. The van der Waals surface area contributed by atoms with Crippen LogP contribution in [-0.2, 0) is 16.1 Å². The van der Waals surface area contributed by atoms with Gasteiger partial charge in [-0.15, -0.1) is 24.0 Å². The van der Waals surface area contributed by atoms with Gasteiger partial charge >= 0.3 is 0 Å². The van der Waals surface area contributed by atoms with Crippen LogP contribution in [0.2, 0.25) is 0 Å². The summed E-state index contributed by atoms with van der Waals surface area (Å²) in [5, 5.41) is 3.43. The second-order valence-corrected chi connectivity index (χ2v) is 7.41. The summed E-state index contributed by atoms with van der Waals surface area (Å²) in [7, 11) is 1.80. The fourth-order valence-electron chi connectivity index (χ4n) is 3.88. The number of guanidine groups is 1. The summed E-state index contributed by atoms with van der Waals surface area (Å²) in [5.41, 5.74) is 1.12. The summed E-state index contributed by atoms with van der Waals surface area (Å²) in [4.78, 5) is 27.9. The molecular weight excluding hydrogens is 495 g/mol. The van der Waals surface area contributed by atoms with Crippen LogP contribution in [0.25, 0.3) is 0 Å². The molecule has 8 nitrogen and oxygen atoms in total. The fourth-order valence-corrected chi connectivity index (χ4v) is 3.88. The first-order valence-electron chi connectivity index (χ1n) is 10.7. The molecule has 0 spiro atoms. The number of amides is 1. The molecule has 0 aromatic carbocycles. The Morgan fingerprint density at radius 1 is 1.23 bits per heavy atom. The second kappa shape index (κ2) is 12.3. The number of nitrogens with one attached hydrogen (secondary N) is 1. The Labute approximate surface area is 197 Å². The lowest BCUT2D eigenvalue weighted by Crippen LogP contribution is -2.55. The molecule has 2 fully saturated rings. The third kappa shape index (κ3) is 6.19. The first kappa shape index (κ1) is 24.6. The van der Waals surface area contributed by atoms with Crippen LogP contribution in [0.15, 0.2) is 23.3 Å². The molecule has 0 bridgehead atoms. The minimum atomic E-state index is -0.231. The van der Waals surface area contributed by atoms with Gasteiger partial charge in [-0.2, -0.15) is 0 Å². The van der Waals surface area contributed by atoms with Gasteiger partial charge in [-0.05, 0) is 38.3 Å². The molecule has 0 radical (unpaired) electrons. The number of pyridine rings is 1. The zero-order valence-corrected chi connectivity index (χ0v) is 20.7. The monoisotopic (exact) mass is 530 g/mol. The van der Waals surface area contributed by atoms with Crippen LogP contribution >= 0.6 is 24.0 Å². The number of carbonyl (C=O) groups excluding carboxylic acids is 1. The second-order valence-electron chi connectivity index (χ2n) is 7.41. The standard InChI is InChI=1S/C21H34N6O2.HI/c1-4-25(5-2)19-9-8-17(15-23-19)16-24-21(22-3)27-12-10-26(11-13-27)20(28)18-7-6-14-29-18;/h8-9,15,18H,4-7,10-14,16H2,1-3H3,(H,22,24);1H. The molecule has 2 aliphatic heterocycles. The van der Waals surface area contributed by atoms with Crippen LogP contribution in [0.4, 0.5) is 5.82 Å².